The number of hydrogen-bond donors (Lipinski definition) is 0. The molecule has 0 aliphatic carbocycles. The number of benzene rings is 3. The van der Waals surface area contributed by atoms with Crippen LogP contribution >= 0.6 is 11.8 Å². The zero-order valence-electron chi connectivity index (χ0n) is 19.1. The van der Waals surface area contributed by atoms with Gasteiger partial charge in [-0.3, -0.25) is 9.36 Å². The van der Waals surface area contributed by atoms with Gasteiger partial charge in [0, 0.05) is 24.7 Å². The molecule has 0 atom stereocenters. The second-order valence-corrected chi connectivity index (χ2v) is 9.02. The molecule has 5 rings (SSSR count). The van der Waals surface area contributed by atoms with Crippen LogP contribution in [-0.2, 0) is 17.9 Å². The summed E-state index contributed by atoms with van der Waals surface area (Å²) in [5.41, 5.74) is 2.40. The van der Waals surface area contributed by atoms with Gasteiger partial charge in [0.05, 0.1) is 12.3 Å². The van der Waals surface area contributed by atoms with Crippen molar-refractivity contribution in [2.75, 3.05) is 19.6 Å². The summed E-state index contributed by atoms with van der Waals surface area (Å²) in [6.45, 7) is 0.908. The van der Waals surface area contributed by atoms with E-state index in [1.54, 1.807) is 25.2 Å². The van der Waals surface area contributed by atoms with Gasteiger partial charge >= 0.3 is 0 Å². The van der Waals surface area contributed by atoms with E-state index < -0.39 is 0 Å². The molecule has 7 nitrogen and oxygen atoms in total. The van der Waals surface area contributed by atoms with Gasteiger partial charge in [0.25, 0.3) is 0 Å². The molecule has 0 unspecified atom stereocenters. The van der Waals surface area contributed by atoms with Crippen LogP contribution in [0.15, 0.2) is 78.0 Å². The number of amides is 1. The predicted molar refractivity (Wildman–Crippen MR) is 131 cm³/mol. The van der Waals surface area contributed by atoms with E-state index >= 15 is 0 Å². The maximum Gasteiger partial charge on any atom is 0.233 e. The lowest BCUT2D eigenvalue weighted by atomic mass is 10.2. The molecule has 4 aromatic rings. The van der Waals surface area contributed by atoms with E-state index in [9.17, 15) is 9.18 Å². The van der Waals surface area contributed by atoms with Crippen LogP contribution in [0, 0.1) is 5.82 Å². The first-order valence-corrected chi connectivity index (χ1v) is 12.0. The molecule has 2 heterocycles. The van der Waals surface area contributed by atoms with Gasteiger partial charge in [0.2, 0.25) is 12.7 Å². The van der Waals surface area contributed by atoms with Crippen molar-refractivity contribution in [3.8, 4) is 22.9 Å². The topological polar surface area (TPSA) is 69.5 Å². The summed E-state index contributed by atoms with van der Waals surface area (Å²) in [5, 5.41) is 9.42. The fourth-order valence-corrected chi connectivity index (χ4v) is 4.65. The van der Waals surface area contributed by atoms with Gasteiger partial charge in [-0.2, -0.15) is 0 Å². The van der Waals surface area contributed by atoms with Crippen LogP contribution in [0.2, 0.25) is 0 Å². The second kappa shape index (κ2) is 10.2. The highest BCUT2D eigenvalue weighted by Crippen LogP contribution is 2.33. The molecule has 35 heavy (non-hydrogen) atoms. The summed E-state index contributed by atoms with van der Waals surface area (Å²) in [5.74, 6) is 1.83. The average Bonchev–Trinajstić information content (AvgIpc) is 3.51. The number of fused-ring (bicyclic) bond motifs is 1. The molecule has 0 spiro atoms. The smallest absolute Gasteiger partial charge is 0.233 e. The summed E-state index contributed by atoms with van der Waals surface area (Å²) in [6.07, 6.45) is 0. The number of hydrogen-bond acceptors (Lipinski definition) is 6. The third-order valence-corrected chi connectivity index (χ3v) is 6.59. The molecule has 1 aliphatic rings. The molecule has 0 radical (unpaired) electrons. The number of nitrogens with zero attached hydrogens (tertiary/aromatic N) is 4. The molecule has 0 bridgehead atoms. The Hall–Kier alpha value is -3.85. The summed E-state index contributed by atoms with van der Waals surface area (Å²) >= 11 is 1.31. The zero-order chi connectivity index (χ0) is 24.2. The van der Waals surface area contributed by atoms with E-state index in [-0.39, 0.29) is 30.8 Å². The summed E-state index contributed by atoms with van der Waals surface area (Å²) < 4.78 is 26.9. The van der Waals surface area contributed by atoms with E-state index in [0.29, 0.717) is 28.8 Å². The summed E-state index contributed by atoms with van der Waals surface area (Å²) in [6, 6.07) is 22.1. The second-order valence-electron chi connectivity index (χ2n) is 8.08. The van der Waals surface area contributed by atoms with E-state index in [4.69, 9.17) is 9.47 Å². The molecule has 0 saturated carbocycles. The lowest BCUT2D eigenvalue weighted by Crippen LogP contribution is -2.28. The molecule has 0 fully saturated rings. The fourth-order valence-electron chi connectivity index (χ4n) is 3.77. The minimum atomic E-state index is -0.323. The van der Waals surface area contributed by atoms with E-state index in [1.165, 1.54) is 22.7 Å². The van der Waals surface area contributed by atoms with Crippen LogP contribution in [0.3, 0.4) is 0 Å². The summed E-state index contributed by atoms with van der Waals surface area (Å²) in [7, 11) is 1.67. The van der Waals surface area contributed by atoms with E-state index in [0.717, 1.165) is 16.9 Å². The Morgan fingerprint density at radius 3 is 2.63 bits per heavy atom. The Balaban J connectivity index is 1.35. The Labute approximate surface area is 206 Å². The van der Waals surface area contributed by atoms with Crippen LogP contribution in [0.1, 0.15) is 11.1 Å². The number of carbonyl (C=O) groups is 1. The number of thioether (sulfide) groups is 1. The van der Waals surface area contributed by atoms with Crippen molar-refractivity contribution < 1.29 is 18.7 Å². The molecule has 1 amide bonds. The van der Waals surface area contributed by atoms with Crippen molar-refractivity contribution >= 4 is 17.7 Å². The third kappa shape index (κ3) is 5.14. The molecular weight excluding hydrogens is 467 g/mol. The molecule has 0 saturated heterocycles. The van der Waals surface area contributed by atoms with Crippen LogP contribution in [-0.4, -0.2) is 45.2 Å². The lowest BCUT2D eigenvalue weighted by molar-refractivity contribution is -0.127. The first-order chi connectivity index (χ1) is 17.1. The quantitative estimate of drug-likeness (QED) is 0.336. The van der Waals surface area contributed by atoms with Crippen molar-refractivity contribution in [2.45, 2.75) is 18.2 Å². The largest absolute Gasteiger partial charge is 0.454 e. The Bertz CT molecular complexity index is 1350. The van der Waals surface area contributed by atoms with Gasteiger partial charge in [-0.15, -0.1) is 10.2 Å². The fraction of sp³-hybridized carbons (Fsp3) is 0.192. The maximum atomic E-state index is 14.0. The Morgan fingerprint density at radius 1 is 1.03 bits per heavy atom. The lowest BCUT2D eigenvalue weighted by Gasteiger charge is -2.17. The minimum Gasteiger partial charge on any atom is -0.454 e. The number of halogens is 1. The van der Waals surface area contributed by atoms with Crippen molar-refractivity contribution in [3.63, 3.8) is 0 Å². The van der Waals surface area contributed by atoms with Gasteiger partial charge in [0.15, 0.2) is 22.5 Å². The van der Waals surface area contributed by atoms with E-state index in [2.05, 4.69) is 10.2 Å². The first kappa shape index (κ1) is 22.9. The molecule has 178 valence electrons. The minimum absolute atomic E-state index is 0.128. The van der Waals surface area contributed by atoms with Crippen molar-refractivity contribution in [2.24, 2.45) is 0 Å². The van der Waals surface area contributed by atoms with Crippen molar-refractivity contribution in [1.82, 2.24) is 19.7 Å². The van der Waals surface area contributed by atoms with Gasteiger partial charge < -0.3 is 14.4 Å². The van der Waals surface area contributed by atoms with Gasteiger partial charge in [0.1, 0.15) is 5.82 Å². The highest BCUT2D eigenvalue weighted by atomic mass is 32.2. The summed E-state index contributed by atoms with van der Waals surface area (Å²) in [4.78, 5) is 14.3. The molecule has 1 aliphatic heterocycles. The van der Waals surface area contributed by atoms with Crippen molar-refractivity contribution in [3.05, 3.63) is 89.7 Å². The van der Waals surface area contributed by atoms with Crippen LogP contribution in [0.5, 0.6) is 11.5 Å². The molecule has 9 heteroatoms. The van der Waals surface area contributed by atoms with Gasteiger partial charge in [-0.1, -0.05) is 66.4 Å². The molecule has 3 aromatic carbocycles. The number of carbonyl (C=O) groups excluding carboxylic acids is 1. The molecular formula is C26H23FN4O3S. The predicted octanol–water partition coefficient (Wildman–Crippen LogP) is 4.61. The van der Waals surface area contributed by atoms with Crippen LogP contribution in [0.25, 0.3) is 11.4 Å². The highest BCUT2D eigenvalue weighted by Gasteiger charge is 2.19. The Morgan fingerprint density at radius 2 is 1.80 bits per heavy atom. The normalized spacial score (nSPS) is 12.1. The first-order valence-electron chi connectivity index (χ1n) is 11.1. The maximum absolute atomic E-state index is 14.0. The van der Waals surface area contributed by atoms with Crippen LogP contribution in [0.4, 0.5) is 4.39 Å². The standard InChI is InChI=1S/C26H23FN4O3S/c1-30(15-20-9-5-6-10-21(20)27)24(32)16-35-26-29-28-25(19-7-3-2-4-8-19)31(26)14-18-11-12-22-23(13-18)34-17-33-22/h2-13H,14-17H2,1H3. The van der Waals surface area contributed by atoms with Crippen LogP contribution < -0.4 is 9.47 Å². The monoisotopic (exact) mass is 490 g/mol. The molecule has 1 aromatic heterocycles. The Kier molecular flexibility index (Phi) is 6.67. The SMILES string of the molecule is CN(Cc1ccccc1F)C(=O)CSc1nnc(-c2ccccc2)n1Cc1ccc2c(c1)OCO2. The van der Waals surface area contributed by atoms with Gasteiger partial charge in [-0.25, -0.2) is 4.39 Å². The van der Waals surface area contributed by atoms with Gasteiger partial charge in [-0.05, 0) is 23.8 Å². The van der Waals surface area contributed by atoms with Crippen molar-refractivity contribution in [1.29, 1.82) is 0 Å². The highest BCUT2D eigenvalue weighted by molar-refractivity contribution is 7.99. The molecule has 0 N–H and O–H groups in total. The number of aromatic nitrogens is 3. The average molecular weight is 491 g/mol. The zero-order valence-corrected chi connectivity index (χ0v) is 19.9. The van der Waals surface area contributed by atoms with E-state index in [1.807, 2.05) is 53.1 Å². The third-order valence-electron chi connectivity index (χ3n) is 5.64. The number of ether oxygens (including phenoxy) is 2. The number of rotatable bonds is 8.